The fourth-order valence-electron chi connectivity index (χ4n) is 2.84. The van der Waals surface area contributed by atoms with Gasteiger partial charge < -0.3 is 10.2 Å². The van der Waals surface area contributed by atoms with E-state index in [2.05, 4.69) is 49.3 Å². The number of hydrogen-bond acceptors (Lipinski definition) is 2. The zero-order valence-corrected chi connectivity index (χ0v) is 12.2. The number of nitrogens with one attached hydrogen (secondary N) is 1. The maximum Gasteiger partial charge on any atom is 0.225 e. The third-order valence-electron chi connectivity index (χ3n) is 4.10. The average molecular weight is 260 g/mol. The number of hydrogen-bond donors (Lipinski definition) is 1. The van der Waals surface area contributed by atoms with Gasteiger partial charge in [-0.3, -0.25) is 4.79 Å². The van der Waals surface area contributed by atoms with E-state index in [0.29, 0.717) is 12.5 Å². The number of rotatable bonds is 4. The minimum Gasteiger partial charge on any atom is -0.326 e. The second-order valence-corrected chi connectivity index (χ2v) is 5.49. The first kappa shape index (κ1) is 14.1. The molecule has 0 aliphatic carbocycles. The fourth-order valence-corrected chi connectivity index (χ4v) is 2.84. The third-order valence-corrected chi connectivity index (χ3v) is 4.10. The molecule has 0 spiro atoms. The van der Waals surface area contributed by atoms with Gasteiger partial charge in [0.05, 0.1) is 0 Å². The summed E-state index contributed by atoms with van der Waals surface area (Å²) in [5.74, 6) is 0.141. The van der Waals surface area contributed by atoms with Gasteiger partial charge in [-0.2, -0.15) is 0 Å². The zero-order valence-electron chi connectivity index (χ0n) is 12.2. The molecule has 1 N–H and O–H groups in total. The Kier molecular flexibility index (Phi) is 4.59. The molecule has 0 saturated carbocycles. The van der Waals surface area contributed by atoms with Gasteiger partial charge in [0, 0.05) is 18.2 Å². The molecule has 19 heavy (non-hydrogen) atoms. The summed E-state index contributed by atoms with van der Waals surface area (Å²) in [5, 5.41) is 3.11. The van der Waals surface area contributed by atoms with E-state index in [0.717, 1.165) is 30.6 Å². The fraction of sp³-hybridized carbons (Fsp3) is 0.562. The number of likely N-dealkylation sites (tertiary alicyclic amines) is 1. The van der Waals surface area contributed by atoms with Gasteiger partial charge in [0.15, 0.2) is 0 Å². The molecule has 1 heterocycles. The van der Waals surface area contributed by atoms with E-state index < -0.39 is 0 Å². The Morgan fingerprint density at radius 2 is 2.26 bits per heavy atom. The lowest BCUT2D eigenvalue weighted by atomic mass is 10.1. The zero-order chi connectivity index (χ0) is 13.8. The Bertz CT molecular complexity index is 456. The van der Waals surface area contributed by atoms with Crippen LogP contribution in [0.2, 0.25) is 0 Å². The van der Waals surface area contributed by atoms with Crippen molar-refractivity contribution in [2.45, 2.75) is 45.6 Å². The van der Waals surface area contributed by atoms with Crippen molar-refractivity contribution < 1.29 is 4.79 Å². The molecule has 1 aliphatic rings. The van der Waals surface area contributed by atoms with E-state index in [-0.39, 0.29) is 5.91 Å². The smallest absolute Gasteiger partial charge is 0.225 e. The summed E-state index contributed by atoms with van der Waals surface area (Å²) in [6.45, 7) is 5.29. The minimum absolute atomic E-state index is 0.141. The highest BCUT2D eigenvalue weighted by Gasteiger charge is 2.23. The lowest BCUT2D eigenvalue weighted by Gasteiger charge is -2.20. The molecule has 1 aromatic carbocycles. The van der Waals surface area contributed by atoms with Crippen molar-refractivity contribution in [2.24, 2.45) is 0 Å². The molecule has 1 unspecified atom stereocenters. The summed E-state index contributed by atoms with van der Waals surface area (Å²) >= 11 is 0. The van der Waals surface area contributed by atoms with Crippen LogP contribution in [0.5, 0.6) is 0 Å². The van der Waals surface area contributed by atoms with Crippen LogP contribution < -0.4 is 5.32 Å². The average Bonchev–Trinajstić information content (AvgIpc) is 2.77. The van der Waals surface area contributed by atoms with Crippen LogP contribution in [0.3, 0.4) is 0 Å². The summed E-state index contributed by atoms with van der Waals surface area (Å²) in [7, 11) is 2.11. The Balaban J connectivity index is 2.02. The van der Waals surface area contributed by atoms with Gasteiger partial charge in [0.25, 0.3) is 0 Å². The van der Waals surface area contributed by atoms with Crippen molar-refractivity contribution in [2.75, 3.05) is 18.9 Å². The van der Waals surface area contributed by atoms with Crippen molar-refractivity contribution in [3.05, 3.63) is 29.3 Å². The third kappa shape index (κ3) is 3.35. The van der Waals surface area contributed by atoms with Crippen LogP contribution in [0.4, 0.5) is 5.69 Å². The largest absolute Gasteiger partial charge is 0.326 e. The molecule has 1 saturated heterocycles. The highest BCUT2D eigenvalue weighted by atomic mass is 16.1. The van der Waals surface area contributed by atoms with E-state index in [4.69, 9.17) is 0 Å². The molecule has 104 valence electrons. The van der Waals surface area contributed by atoms with E-state index in [1.165, 1.54) is 12.0 Å². The van der Waals surface area contributed by atoms with Crippen LogP contribution in [0.25, 0.3) is 0 Å². The van der Waals surface area contributed by atoms with E-state index >= 15 is 0 Å². The van der Waals surface area contributed by atoms with Gasteiger partial charge in [0.2, 0.25) is 5.91 Å². The number of anilines is 1. The Hall–Kier alpha value is -1.35. The van der Waals surface area contributed by atoms with Crippen LogP contribution in [0, 0.1) is 6.92 Å². The summed E-state index contributed by atoms with van der Waals surface area (Å²) in [5.41, 5.74) is 3.37. The van der Waals surface area contributed by atoms with Gasteiger partial charge in [-0.1, -0.05) is 25.1 Å². The number of nitrogens with zero attached hydrogens (tertiary/aromatic N) is 1. The molecule has 1 atom stereocenters. The lowest BCUT2D eigenvalue weighted by molar-refractivity contribution is -0.117. The lowest BCUT2D eigenvalue weighted by Crippen LogP contribution is -2.29. The first-order valence-corrected chi connectivity index (χ1v) is 7.20. The highest BCUT2D eigenvalue weighted by molar-refractivity contribution is 5.92. The predicted molar refractivity (Wildman–Crippen MR) is 79.5 cm³/mol. The molecule has 1 aromatic rings. The van der Waals surface area contributed by atoms with Crippen LogP contribution >= 0.6 is 0 Å². The molecule has 3 heteroatoms. The van der Waals surface area contributed by atoms with Crippen LogP contribution in [-0.4, -0.2) is 30.4 Å². The van der Waals surface area contributed by atoms with Crippen molar-refractivity contribution in [1.29, 1.82) is 0 Å². The second kappa shape index (κ2) is 6.20. The normalized spacial score (nSPS) is 19.6. The number of para-hydroxylation sites is 1. The maximum atomic E-state index is 12.2. The first-order valence-electron chi connectivity index (χ1n) is 7.20. The molecule has 1 fully saturated rings. The summed E-state index contributed by atoms with van der Waals surface area (Å²) < 4.78 is 0. The summed E-state index contributed by atoms with van der Waals surface area (Å²) in [4.78, 5) is 14.5. The number of carbonyl (C=O) groups excluding carboxylic acids is 1. The maximum absolute atomic E-state index is 12.2. The van der Waals surface area contributed by atoms with Crippen molar-refractivity contribution in [3.63, 3.8) is 0 Å². The second-order valence-electron chi connectivity index (χ2n) is 5.49. The summed E-state index contributed by atoms with van der Waals surface area (Å²) in [6, 6.07) is 6.60. The van der Waals surface area contributed by atoms with Gasteiger partial charge in [-0.25, -0.2) is 0 Å². The van der Waals surface area contributed by atoms with Gasteiger partial charge >= 0.3 is 0 Å². The quantitative estimate of drug-likeness (QED) is 0.902. The Labute approximate surface area is 116 Å². The van der Waals surface area contributed by atoms with E-state index in [9.17, 15) is 4.79 Å². The number of aryl methyl sites for hydroxylation is 2. The van der Waals surface area contributed by atoms with Crippen molar-refractivity contribution in [3.8, 4) is 0 Å². The number of benzene rings is 1. The molecule has 0 aromatic heterocycles. The van der Waals surface area contributed by atoms with E-state index in [1.807, 2.05) is 0 Å². The topological polar surface area (TPSA) is 32.3 Å². The molecular weight excluding hydrogens is 236 g/mol. The molecule has 0 bridgehead atoms. The molecule has 2 rings (SSSR count). The Morgan fingerprint density at radius 1 is 1.47 bits per heavy atom. The van der Waals surface area contributed by atoms with Crippen LogP contribution in [0.15, 0.2) is 18.2 Å². The van der Waals surface area contributed by atoms with Crippen LogP contribution in [0.1, 0.15) is 37.3 Å². The first-order chi connectivity index (χ1) is 9.11. The number of amides is 1. The molecule has 3 nitrogen and oxygen atoms in total. The molecule has 1 aliphatic heterocycles. The SMILES string of the molecule is CCc1cccc(C)c1NC(=O)CC1CCCN1C. The van der Waals surface area contributed by atoms with E-state index in [1.54, 1.807) is 0 Å². The molecular formula is C16H24N2O. The monoisotopic (exact) mass is 260 g/mol. The standard InChI is InChI=1S/C16H24N2O/c1-4-13-8-5-7-12(2)16(13)17-15(19)11-14-9-6-10-18(14)3/h5,7-8,14H,4,6,9-11H2,1-3H3,(H,17,19). The van der Waals surface area contributed by atoms with Crippen molar-refractivity contribution >= 4 is 11.6 Å². The highest BCUT2D eigenvalue weighted by Crippen LogP contribution is 2.23. The minimum atomic E-state index is 0.141. The van der Waals surface area contributed by atoms with Crippen LogP contribution in [-0.2, 0) is 11.2 Å². The Morgan fingerprint density at radius 3 is 2.89 bits per heavy atom. The molecule has 1 amide bonds. The van der Waals surface area contributed by atoms with Gasteiger partial charge in [-0.05, 0) is 50.9 Å². The molecule has 0 radical (unpaired) electrons. The van der Waals surface area contributed by atoms with Gasteiger partial charge in [0.1, 0.15) is 0 Å². The van der Waals surface area contributed by atoms with Gasteiger partial charge in [-0.15, -0.1) is 0 Å². The van der Waals surface area contributed by atoms with Crippen molar-refractivity contribution in [1.82, 2.24) is 4.90 Å². The predicted octanol–water partition coefficient (Wildman–Crippen LogP) is 2.98. The number of carbonyl (C=O) groups is 1. The summed E-state index contributed by atoms with van der Waals surface area (Å²) in [6.07, 6.45) is 3.89.